The van der Waals surface area contributed by atoms with Crippen molar-refractivity contribution in [2.75, 3.05) is 0 Å². The molecule has 0 aliphatic heterocycles. The van der Waals surface area contributed by atoms with E-state index in [1.165, 1.54) is 25.1 Å². The molecule has 0 aromatic heterocycles. The van der Waals surface area contributed by atoms with Gasteiger partial charge >= 0.3 is 5.97 Å². The Balaban J connectivity index is 1.91. The lowest BCUT2D eigenvalue weighted by Crippen LogP contribution is -2.35. The first kappa shape index (κ1) is 16.8. The number of benzene rings is 2. The smallest absolute Gasteiger partial charge is 0.342 e. The molecule has 23 heavy (non-hydrogen) atoms. The van der Waals surface area contributed by atoms with Gasteiger partial charge in [0.25, 0.3) is 5.91 Å². The van der Waals surface area contributed by atoms with Gasteiger partial charge in [-0.3, -0.25) is 4.79 Å². The van der Waals surface area contributed by atoms with E-state index in [9.17, 15) is 14.7 Å². The minimum absolute atomic E-state index is 0.0443. The molecule has 0 radical (unpaired) electrons. The van der Waals surface area contributed by atoms with Crippen LogP contribution in [0.1, 0.15) is 22.8 Å². The minimum Gasteiger partial charge on any atom is -0.507 e. The molecular formula is C17H16ClNO4. The van der Waals surface area contributed by atoms with Gasteiger partial charge in [0.05, 0.1) is 0 Å². The number of hydrogen-bond acceptors (Lipinski definition) is 4. The standard InChI is InChI=1S/C17H16ClNO4/c1-11(16(21)19-10-12-5-3-2-4-6-12)23-17(22)14-8-7-13(18)9-15(14)20/h2-9,11,20H,10H2,1H3,(H,19,21)/t11-/m0/s1. The van der Waals surface area contributed by atoms with Gasteiger partial charge in [-0.25, -0.2) is 4.79 Å². The number of nitrogens with one attached hydrogen (secondary N) is 1. The van der Waals surface area contributed by atoms with E-state index in [2.05, 4.69) is 5.32 Å². The van der Waals surface area contributed by atoms with Crippen LogP contribution >= 0.6 is 11.6 Å². The average molecular weight is 334 g/mol. The van der Waals surface area contributed by atoms with Gasteiger partial charge < -0.3 is 15.2 Å². The molecule has 0 unspecified atom stereocenters. The highest BCUT2D eigenvalue weighted by Gasteiger charge is 2.20. The third-order valence-corrected chi connectivity index (χ3v) is 3.38. The molecule has 1 amide bonds. The van der Waals surface area contributed by atoms with Crippen LogP contribution in [-0.4, -0.2) is 23.1 Å². The van der Waals surface area contributed by atoms with Gasteiger partial charge in [0.2, 0.25) is 0 Å². The van der Waals surface area contributed by atoms with Gasteiger partial charge in [-0.15, -0.1) is 0 Å². The van der Waals surface area contributed by atoms with Crippen LogP contribution in [-0.2, 0) is 16.1 Å². The molecule has 0 heterocycles. The second-order valence-corrected chi connectivity index (χ2v) is 5.35. The van der Waals surface area contributed by atoms with Crippen LogP contribution in [0.15, 0.2) is 48.5 Å². The van der Waals surface area contributed by atoms with Crippen molar-refractivity contribution in [2.45, 2.75) is 19.6 Å². The van der Waals surface area contributed by atoms with E-state index in [0.717, 1.165) is 5.56 Å². The predicted octanol–water partition coefficient (Wildman–Crippen LogP) is 2.91. The zero-order valence-corrected chi connectivity index (χ0v) is 13.2. The van der Waals surface area contributed by atoms with Crippen LogP contribution < -0.4 is 5.32 Å². The molecule has 2 N–H and O–H groups in total. The molecule has 120 valence electrons. The second kappa shape index (κ2) is 7.65. The summed E-state index contributed by atoms with van der Waals surface area (Å²) >= 11 is 5.70. The Bertz CT molecular complexity index is 703. The van der Waals surface area contributed by atoms with Crippen LogP contribution in [0.4, 0.5) is 0 Å². The van der Waals surface area contributed by atoms with E-state index in [4.69, 9.17) is 16.3 Å². The van der Waals surface area contributed by atoms with Crippen LogP contribution in [0.25, 0.3) is 0 Å². The molecule has 2 aromatic rings. The van der Waals surface area contributed by atoms with Gasteiger partial charge in [-0.1, -0.05) is 41.9 Å². The monoisotopic (exact) mass is 333 g/mol. The fraction of sp³-hybridized carbons (Fsp3) is 0.176. The van der Waals surface area contributed by atoms with E-state index >= 15 is 0 Å². The van der Waals surface area contributed by atoms with E-state index in [1.807, 2.05) is 30.3 Å². The Morgan fingerprint density at radius 1 is 1.22 bits per heavy atom. The highest BCUT2D eigenvalue weighted by molar-refractivity contribution is 6.30. The highest BCUT2D eigenvalue weighted by atomic mass is 35.5. The third-order valence-electron chi connectivity index (χ3n) is 3.14. The minimum atomic E-state index is -0.985. The molecule has 0 bridgehead atoms. The Labute approximate surface area is 138 Å². The maximum atomic E-state index is 12.0. The van der Waals surface area contributed by atoms with Crippen molar-refractivity contribution in [1.29, 1.82) is 0 Å². The number of rotatable bonds is 5. The van der Waals surface area contributed by atoms with Gasteiger partial charge in [0.1, 0.15) is 11.3 Å². The van der Waals surface area contributed by atoms with E-state index in [-0.39, 0.29) is 11.3 Å². The fourth-order valence-electron chi connectivity index (χ4n) is 1.88. The van der Waals surface area contributed by atoms with Crippen molar-refractivity contribution in [3.63, 3.8) is 0 Å². The lowest BCUT2D eigenvalue weighted by molar-refractivity contribution is -0.129. The summed E-state index contributed by atoms with van der Waals surface area (Å²) in [5.41, 5.74) is 0.895. The number of esters is 1. The van der Waals surface area contributed by atoms with Crippen LogP contribution in [0.5, 0.6) is 5.75 Å². The first-order chi connectivity index (χ1) is 11.0. The summed E-state index contributed by atoms with van der Waals surface area (Å²) in [6.07, 6.45) is -0.985. The first-order valence-electron chi connectivity index (χ1n) is 6.98. The van der Waals surface area contributed by atoms with Gasteiger partial charge in [-0.05, 0) is 30.7 Å². The molecule has 0 fully saturated rings. The summed E-state index contributed by atoms with van der Waals surface area (Å²) in [6.45, 7) is 1.80. The number of hydrogen-bond donors (Lipinski definition) is 2. The summed E-state index contributed by atoms with van der Waals surface area (Å²) in [5, 5.41) is 12.7. The van der Waals surface area contributed by atoms with E-state index in [0.29, 0.717) is 11.6 Å². The SMILES string of the molecule is C[C@H](OC(=O)c1ccc(Cl)cc1O)C(=O)NCc1ccccc1. The van der Waals surface area contributed by atoms with Crippen LogP contribution in [0, 0.1) is 0 Å². The van der Waals surface area contributed by atoms with Crippen molar-refractivity contribution in [2.24, 2.45) is 0 Å². The van der Waals surface area contributed by atoms with Crippen LogP contribution in [0.3, 0.4) is 0 Å². The van der Waals surface area contributed by atoms with Crippen molar-refractivity contribution in [1.82, 2.24) is 5.32 Å². The van der Waals surface area contributed by atoms with Gasteiger partial charge in [0, 0.05) is 11.6 Å². The quantitative estimate of drug-likeness (QED) is 0.825. The number of ether oxygens (including phenoxy) is 1. The van der Waals surface area contributed by atoms with Crippen molar-refractivity contribution < 1.29 is 19.4 Å². The molecule has 0 aliphatic rings. The topological polar surface area (TPSA) is 75.6 Å². The largest absolute Gasteiger partial charge is 0.507 e. The van der Waals surface area contributed by atoms with Crippen molar-refractivity contribution >= 4 is 23.5 Å². The second-order valence-electron chi connectivity index (χ2n) is 4.91. The molecule has 0 saturated carbocycles. The lowest BCUT2D eigenvalue weighted by Gasteiger charge is -2.14. The Hall–Kier alpha value is -2.53. The molecule has 6 heteroatoms. The van der Waals surface area contributed by atoms with E-state index in [1.54, 1.807) is 0 Å². The Kier molecular flexibility index (Phi) is 5.60. The number of halogens is 1. The van der Waals surface area contributed by atoms with E-state index < -0.39 is 18.0 Å². The number of carbonyl (C=O) groups excluding carboxylic acids is 2. The molecule has 2 aromatic carbocycles. The first-order valence-corrected chi connectivity index (χ1v) is 7.36. The highest BCUT2D eigenvalue weighted by Crippen LogP contribution is 2.22. The fourth-order valence-corrected chi connectivity index (χ4v) is 2.05. The number of amides is 1. The number of phenolic OH excluding ortho intramolecular Hbond substituents is 1. The molecule has 2 rings (SSSR count). The third kappa shape index (κ3) is 4.72. The molecule has 0 saturated heterocycles. The zero-order valence-electron chi connectivity index (χ0n) is 12.5. The van der Waals surface area contributed by atoms with Crippen molar-refractivity contribution in [3.8, 4) is 5.75 Å². The number of phenols is 1. The van der Waals surface area contributed by atoms with Crippen molar-refractivity contribution in [3.05, 3.63) is 64.7 Å². The Morgan fingerprint density at radius 2 is 1.91 bits per heavy atom. The number of carbonyl (C=O) groups is 2. The molecular weight excluding hydrogens is 318 g/mol. The summed E-state index contributed by atoms with van der Waals surface area (Å²) in [5.74, 6) is -1.50. The Morgan fingerprint density at radius 3 is 2.57 bits per heavy atom. The van der Waals surface area contributed by atoms with Gasteiger partial charge in [0.15, 0.2) is 6.10 Å². The number of aromatic hydroxyl groups is 1. The lowest BCUT2D eigenvalue weighted by atomic mass is 10.2. The van der Waals surface area contributed by atoms with Crippen LogP contribution in [0.2, 0.25) is 5.02 Å². The maximum Gasteiger partial charge on any atom is 0.342 e. The summed E-state index contributed by atoms with van der Waals surface area (Å²) in [4.78, 5) is 23.9. The summed E-state index contributed by atoms with van der Waals surface area (Å²) in [6, 6.07) is 13.4. The molecule has 0 spiro atoms. The normalized spacial score (nSPS) is 11.6. The molecule has 0 aliphatic carbocycles. The zero-order chi connectivity index (χ0) is 16.8. The summed E-state index contributed by atoms with van der Waals surface area (Å²) in [7, 11) is 0. The molecule has 5 nitrogen and oxygen atoms in total. The average Bonchev–Trinajstić information content (AvgIpc) is 2.53. The van der Waals surface area contributed by atoms with Gasteiger partial charge in [-0.2, -0.15) is 0 Å². The predicted molar refractivity (Wildman–Crippen MR) is 86.3 cm³/mol. The maximum absolute atomic E-state index is 12.0. The summed E-state index contributed by atoms with van der Waals surface area (Å²) < 4.78 is 5.05. The molecule has 1 atom stereocenters.